The molecule has 0 radical (unpaired) electrons. The topological polar surface area (TPSA) is 85.5 Å². The molecule has 8 nitrogen and oxygen atoms in total. The summed E-state index contributed by atoms with van der Waals surface area (Å²) in [5.74, 6) is -0.0529. The zero-order valence-electron chi connectivity index (χ0n) is 16.7. The van der Waals surface area contributed by atoms with E-state index in [0.717, 1.165) is 41.5 Å². The molecule has 0 N–H and O–H groups in total. The van der Waals surface area contributed by atoms with E-state index in [1.54, 1.807) is 29.0 Å². The van der Waals surface area contributed by atoms with Crippen LogP contribution in [-0.4, -0.2) is 55.1 Å². The summed E-state index contributed by atoms with van der Waals surface area (Å²) >= 11 is 0. The third kappa shape index (κ3) is 3.39. The van der Waals surface area contributed by atoms with E-state index in [2.05, 4.69) is 26.6 Å². The second-order valence-electron chi connectivity index (χ2n) is 7.65. The number of ether oxygens (including phenoxy) is 1. The molecule has 5 rings (SSSR count). The molecule has 1 aliphatic rings. The van der Waals surface area contributed by atoms with Gasteiger partial charge in [0.25, 0.3) is 5.91 Å². The number of pyridine rings is 2. The Kier molecular flexibility index (Phi) is 4.84. The van der Waals surface area contributed by atoms with Crippen LogP contribution in [-0.2, 0) is 11.3 Å². The smallest absolute Gasteiger partial charge is 0.254 e. The van der Waals surface area contributed by atoms with Gasteiger partial charge in [0, 0.05) is 48.6 Å². The lowest BCUT2D eigenvalue weighted by Gasteiger charge is -2.26. The van der Waals surface area contributed by atoms with Crippen LogP contribution in [0.15, 0.2) is 48.8 Å². The molecule has 1 amide bonds. The van der Waals surface area contributed by atoms with Crippen molar-refractivity contribution in [2.24, 2.45) is 0 Å². The van der Waals surface area contributed by atoms with Crippen LogP contribution >= 0.6 is 0 Å². The first kappa shape index (κ1) is 18.6. The third-order valence-electron chi connectivity index (χ3n) is 5.59. The fourth-order valence-electron chi connectivity index (χ4n) is 4.13. The van der Waals surface area contributed by atoms with Crippen LogP contribution < -0.4 is 0 Å². The highest BCUT2D eigenvalue weighted by molar-refractivity contribution is 5.94. The first-order chi connectivity index (χ1) is 14.7. The maximum Gasteiger partial charge on any atom is 0.254 e. The minimum absolute atomic E-state index is 0.0468. The van der Waals surface area contributed by atoms with E-state index in [4.69, 9.17) is 4.74 Å². The Labute approximate surface area is 173 Å². The van der Waals surface area contributed by atoms with Crippen LogP contribution in [0.5, 0.6) is 0 Å². The molecule has 30 heavy (non-hydrogen) atoms. The fourth-order valence-corrected chi connectivity index (χ4v) is 4.13. The van der Waals surface area contributed by atoms with Crippen LogP contribution in [0.2, 0.25) is 0 Å². The van der Waals surface area contributed by atoms with E-state index in [1.165, 1.54) is 0 Å². The molecule has 152 valence electrons. The van der Waals surface area contributed by atoms with Gasteiger partial charge in [-0.2, -0.15) is 4.52 Å². The predicted octanol–water partition coefficient (Wildman–Crippen LogP) is 2.80. The molecule has 1 unspecified atom stereocenters. The molecule has 4 heterocycles. The van der Waals surface area contributed by atoms with Gasteiger partial charge in [-0.1, -0.05) is 18.2 Å². The van der Waals surface area contributed by atoms with Crippen molar-refractivity contribution in [2.45, 2.75) is 32.4 Å². The van der Waals surface area contributed by atoms with Gasteiger partial charge in [0.05, 0.1) is 11.6 Å². The number of aryl methyl sites for hydroxylation is 1. The highest BCUT2D eigenvalue weighted by atomic mass is 16.5. The number of aromatic nitrogens is 5. The van der Waals surface area contributed by atoms with Gasteiger partial charge in [0.15, 0.2) is 5.65 Å². The van der Waals surface area contributed by atoms with Crippen LogP contribution in [0.4, 0.5) is 0 Å². The first-order valence-corrected chi connectivity index (χ1v) is 10.1. The van der Waals surface area contributed by atoms with Gasteiger partial charge in [-0.25, -0.2) is 0 Å². The first-order valence-electron chi connectivity index (χ1n) is 10.1. The number of fused-ring (bicyclic) bond motifs is 3. The molecule has 3 aromatic heterocycles. The summed E-state index contributed by atoms with van der Waals surface area (Å²) in [4.78, 5) is 19.2. The number of para-hydroxylation sites is 1. The molecule has 0 aliphatic carbocycles. The van der Waals surface area contributed by atoms with E-state index < -0.39 is 0 Å². The molecule has 0 saturated carbocycles. The highest BCUT2D eigenvalue weighted by Gasteiger charge is 2.25. The van der Waals surface area contributed by atoms with Gasteiger partial charge in [0.2, 0.25) is 0 Å². The fraction of sp³-hybridized carbons (Fsp3) is 0.318. The summed E-state index contributed by atoms with van der Waals surface area (Å²) in [5.41, 5.74) is 4.25. The number of tetrazole rings is 1. The van der Waals surface area contributed by atoms with Gasteiger partial charge in [-0.05, 0) is 54.0 Å². The Morgan fingerprint density at radius 2 is 2.13 bits per heavy atom. The van der Waals surface area contributed by atoms with Gasteiger partial charge in [0.1, 0.15) is 0 Å². The molecule has 1 saturated heterocycles. The van der Waals surface area contributed by atoms with Gasteiger partial charge in [-0.3, -0.25) is 9.78 Å². The minimum atomic E-state index is -0.0529. The average Bonchev–Trinajstić information content (AvgIpc) is 3.45. The number of carbonyl (C=O) groups is 1. The summed E-state index contributed by atoms with van der Waals surface area (Å²) in [6.45, 7) is 3.71. The van der Waals surface area contributed by atoms with E-state index in [1.807, 2.05) is 30.0 Å². The van der Waals surface area contributed by atoms with Crippen LogP contribution in [0.3, 0.4) is 0 Å². The van der Waals surface area contributed by atoms with Crippen LogP contribution in [0, 0.1) is 6.92 Å². The number of hydrogen-bond acceptors (Lipinski definition) is 6. The van der Waals surface area contributed by atoms with Crippen LogP contribution in [0.1, 0.15) is 34.3 Å². The summed E-state index contributed by atoms with van der Waals surface area (Å²) in [6, 6.07) is 11.7. The average molecular weight is 402 g/mol. The largest absolute Gasteiger partial charge is 0.376 e. The lowest BCUT2D eigenvalue weighted by Crippen LogP contribution is -2.37. The molecule has 1 fully saturated rings. The van der Waals surface area contributed by atoms with E-state index in [0.29, 0.717) is 24.3 Å². The lowest BCUT2D eigenvalue weighted by atomic mass is 10.1. The number of carbonyl (C=O) groups excluding carboxylic acids is 1. The van der Waals surface area contributed by atoms with E-state index >= 15 is 0 Å². The van der Waals surface area contributed by atoms with Crippen LogP contribution in [0.25, 0.3) is 16.6 Å². The zero-order chi connectivity index (χ0) is 20.5. The van der Waals surface area contributed by atoms with Crippen molar-refractivity contribution in [3.63, 3.8) is 0 Å². The summed E-state index contributed by atoms with van der Waals surface area (Å²) in [5, 5.41) is 13.4. The van der Waals surface area contributed by atoms with Crippen molar-refractivity contribution < 1.29 is 9.53 Å². The lowest BCUT2D eigenvalue weighted by molar-refractivity contribution is 0.0508. The van der Waals surface area contributed by atoms with Crippen molar-refractivity contribution >= 4 is 22.5 Å². The monoisotopic (exact) mass is 402 g/mol. The Morgan fingerprint density at radius 3 is 2.93 bits per heavy atom. The second-order valence-corrected chi connectivity index (χ2v) is 7.65. The SMILES string of the molecule is Cc1cccc2cc(CN(CC3CCCO3)C(=O)c3ccncc3)c3nnnn3c12. The Hall–Kier alpha value is -3.39. The Balaban J connectivity index is 1.56. The Morgan fingerprint density at radius 1 is 1.27 bits per heavy atom. The van der Waals surface area contributed by atoms with Gasteiger partial charge >= 0.3 is 0 Å². The summed E-state index contributed by atoms with van der Waals surface area (Å²) in [6.07, 6.45) is 5.30. The Bertz CT molecular complexity index is 1200. The summed E-state index contributed by atoms with van der Waals surface area (Å²) in [7, 11) is 0. The van der Waals surface area contributed by atoms with Crippen molar-refractivity contribution in [3.05, 3.63) is 65.5 Å². The maximum absolute atomic E-state index is 13.3. The van der Waals surface area contributed by atoms with E-state index in [-0.39, 0.29) is 12.0 Å². The molecule has 8 heteroatoms. The molecule has 1 aromatic carbocycles. The minimum Gasteiger partial charge on any atom is -0.376 e. The number of amides is 1. The van der Waals surface area contributed by atoms with Crippen molar-refractivity contribution in [1.29, 1.82) is 0 Å². The molecule has 0 bridgehead atoms. The second kappa shape index (κ2) is 7.79. The van der Waals surface area contributed by atoms with Crippen molar-refractivity contribution in [3.8, 4) is 0 Å². The summed E-state index contributed by atoms with van der Waals surface area (Å²) < 4.78 is 7.58. The van der Waals surface area contributed by atoms with Crippen molar-refractivity contribution in [2.75, 3.05) is 13.2 Å². The number of nitrogens with zero attached hydrogens (tertiary/aromatic N) is 6. The third-order valence-corrected chi connectivity index (χ3v) is 5.59. The van der Waals surface area contributed by atoms with Gasteiger partial charge < -0.3 is 9.64 Å². The highest BCUT2D eigenvalue weighted by Crippen LogP contribution is 2.24. The molecule has 1 atom stereocenters. The molecular weight excluding hydrogens is 380 g/mol. The number of benzene rings is 1. The number of hydrogen-bond donors (Lipinski definition) is 0. The van der Waals surface area contributed by atoms with E-state index in [9.17, 15) is 4.79 Å². The number of rotatable bonds is 5. The molecule has 0 spiro atoms. The quantitative estimate of drug-likeness (QED) is 0.510. The zero-order valence-corrected chi connectivity index (χ0v) is 16.7. The maximum atomic E-state index is 13.3. The molecule has 1 aliphatic heterocycles. The normalized spacial score (nSPS) is 16.4. The van der Waals surface area contributed by atoms with Gasteiger partial charge in [-0.15, -0.1) is 5.10 Å². The molecule has 4 aromatic rings. The van der Waals surface area contributed by atoms with Crippen molar-refractivity contribution in [1.82, 2.24) is 29.9 Å². The standard InChI is InChI=1S/C22H22N6O2/c1-15-4-2-5-17-12-18(21-24-25-26-28(21)20(15)17)13-27(14-19-6-3-11-30-19)22(29)16-7-9-23-10-8-16/h2,4-5,7-10,12,19H,3,6,11,13-14H2,1H3. The predicted molar refractivity (Wildman–Crippen MR) is 111 cm³/mol. The molecular formula is C22H22N6O2.